The van der Waals surface area contributed by atoms with Crippen LogP contribution in [0.3, 0.4) is 0 Å². The van der Waals surface area contributed by atoms with Crippen molar-refractivity contribution in [2.45, 2.75) is 19.2 Å². The van der Waals surface area contributed by atoms with Crippen molar-refractivity contribution >= 4 is 5.78 Å². The van der Waals surface area contributed by atoms with E-state index in [4.69, 9.17) is 5.11 Å². The van der Waals surface area contributed by atoms with Crippen LogP contribution in [0.2, 0.25) is 0 Å². The Kier molecular flexibility index (Phi) is 4.28. The average molecular weight is 266 g/mol. The van der Waals surface area contributed by atoms with Crippen molar-refractivity contribution in [2.24, 2.45) is 0 Å². The first kappa shape index (κ1) is 14.4. The van der Waals surface area contributed by atoms with E-state index in [-0.39, 0.29) is 11.3 Å². The fraction of sp³-hybridized carbons (Fsp3) is 0.364. The third-order valence-electron chi connectivity index (χ3n) is 2.10. The summed E-state index contributed by atoms with van der Waals surface area (Å²) in [6, 6.07) is 2.89. The molecule has 1 atom stereocenters. The number of aliphatic hydroxyl groups is 1. The van der Waals surface area contributed by atoms with Gasteiger partial charge < -0.3 is 9.84 Å². The van der Waals surface area contributed by atoms with Gasteiger partial charge in [-0.3, -0.25) is 4.79 Å². The molecule has 7 heteroatoms. The van der Waals surface area contributed by atoms with Gasteiger partial charge in [0.2, 0.25) is 0 Å². The van der Waals surface area contributed by atoms with E-state index >= 15 is 0 Å². The van der Waals surface area contributed by atoms with Crippen LogP contribution in [0.1, 0.15) is 17.3 Å². The number of carbonyl (C=O) groups is 1. The topological polar surface area (TPSA) is 46.5 Å². The fourth-order valence-electron chi connectivity index (χ4n) is 1.17. The van der Waals surface area contributed by atoms with E-state index < -0.39 is 30.5 Å². The van der Waals surface area contributed by atoms with Gasteiger partial charge in [-0.15, -0.1) is 0 Å². The molecule has 1 aromatic carbocycles. The van der Waals surface area contributed by atoms with Gasteiger partial charge in [-0.1, -0.05) is 0 Å². The number of ketones is 1. The first-order valence-electron chi connectivity index (χ1n) is 4.90. The lowest BCUT2D eigenvalue weighted by Gasteiger charge is -2.16. The van der Waals surface area contributed by atoms with Crippen LogP contribution >= 0.6 is 0 Å². The summed E-state index contributed by atoms with van der Waals surface area (Å²) in [4.78, 5) is 11.1. The summed E-state index contributed by atoms with van der Waals surface area (Å²) in [7, 11) is 0. The van der Waals surface area contributed by atoms with Crippen LogP contribution in [0, 0.1) is 5.82 Å². The number of hydrogen-bond acceptors (Lipinski definition) is 3. The van der Waals surface area contributed by atoms with Gasteiger partial charge in [-0.05, 0) is 19.1 Å². The molecule has 18 heavy (non-hydrogen) atoms. The molecule has 0 aliphatic heterocycles. The van der Waals surface area contributed by atoms with Crippen molar-refractivity contribution in [2.75, 3.05) is 6.61 Å². The smallest absolute Gasteiger partial charge is 0.417 e. The van der Waals surface area contributed by atoms with Crippen LogP contribution in [0.4, 0.5) is 17.6 Å². The maximum Gasteiger partial charge on any atom is 0.417 e. The fourth-order valence-corrected chi connectivity index (χ4v) is 1.17. The van der Waals surface area contributed by atoms with Crippen molar-refractivity contribution in [1.82, 2.24) is 0 Å². The number of ether oxygens (including phenoxy) is 1. The third-order valence-corrected chi connectivity index (χ3v) is 2.10. The quantitative estimate of drug-likeness (QED) is 0.672. The van der Waals surface area contributed by atoms with Crippen molar-refractivity contribution in [3.05, 3.63) is 29.6 Å². The number of alkyl halides is 3. The molecule has 0 saturated heterocycles. The number of benzene rings is 1. The zero-order chi connectivity index (χ0) is 13.9. The Hall–Kier alpha value is -1.63. The van der Waals surface area contributed by atoms with Crippen LogP contribution < -0.4 is 4.74 Å². The second-order valence-electron chi connectivity index (χ2n) is 3.57. The van der Waals surface area contributed by atoms with Crippen molar-refractivity contribution < 1.29 is 32.2 Å². The molecule has 0 aromatic heterocycles. The second-order valence-corrected chi connectivity index (χ2v) is 3.57. The van der Waals surface area contributed by atoms with Gasteiger partial charge >= 0.3 is 6.18 Å². The molecule has 1 rings (SSSR count). The summed E-state index contributed by atoms with van der Waals surface area (Å²) in [5, 5.41) is 8.72. The van der Waals surface area contributed by atoms with Crippen LogP contribution in [-0.4, -0.2) is 29.8 Å². The Morgan fingerprint density at radius 1 is 1.44 bits per heavy atom. The number of carbonyl (C=O) groups excluding carboxylic acids is 1. The molecule has 0 saturated carbocycles. The highest BCUT2D eigenvalue weighted by atomic mass is 19.4. The molecule has 0 bridgehead atoms. The van der Waals surface area contributed by atoms with Crippen LogP contribution in [0.5, 0.6) is 5.75 Å². The van der Waals surface area contributed by atoms with Gasteiger partial charge in [-0.2, -0.15) is 13.2 Å². The van der Waals surface area contributed by atoms with Gasteiger partial charge in [0.25, 0.3) is 0 Å². The normalized spacial score (nSPS) is 13.2. The minimum Gasteiger partial charge on any atom is -0.490 e. The van der Waals surface area contributed by atoms with Gasteiger partial charge in [0.1, 0.15) is 18.2 Å². The number of rotatable bonds is 4. The molecule has 3 nitrogen and oxygen atoms in total. The lowest BCUT2D eigenvalue weighted by atomic mass is 10.1. The Balaban J connectivity index is 2.84. The summed E-state index contributed by atoms with van der Waals surface area (Å²) in [5.74, 6) is -1.56. The summed E-state index contributed by atoms with van der Waals surface area (Å²) < 4.78 is 53.6. The van der Waals surface area contributed by atoms with Gasteiger partial charge in [0, 0.05) is 6.07 Å². The van der Waals surface area contributed by atoms with Gasteiger partial charge in [-0.25, -0.2) is 4.39 Å². The molecule has 0 spiro atoms. The number of halogens is 4. The van der Waals surface area contributed by atoms with Crippen LogP contribution in [-0.2, 0) is 0 Å². The minimum absolute atomic E-state index is 0.0502. The first-order valence-corrected chi connectivity index (χ1v) is 4.90. The summed E-state index contributed by atoms with van der Waals surface area (Å²) in [5.41, 5.74) is -0.0502. The van der Waals surface area contributed by atoms with E-state index in [9.17, 15) is 22.4 Å². The third kappa shape index (κ3) is 3.69. The molecule has 0 radical (unpaired) electrons. The second kappa shape index (κ2) is 5.34. The summed E-state index contributed by atoms with van der Waals surface area (Å²) in [6.45, 7) is 0.0630. The summed E-state index contributed by atoms with van der Waals surface area (Å²) in [6.07, 6.45) is -7.52. The highest BCUT2D eigenvalue weighted by molar-refractivity contribution is 5.96. The monoisotopic (exact) mass is 266 g/mol. The predicted octanol–water partition coefficient (Wildman–Crippen LogP) is 2.33. The molecule has 100 valence electrons. The highest BCUT2D eigenvalue weighted by Gasteiger charge is 2.38. The molecular formula is C11H10F4O3. The molecule has 1 aromatic rings. The van der Waals surface area contributed by atoms with E-state index in [0.29, 0.717) is 0 Å². The maximum atomic E-state index is 12.9. The van der Waals surface area contributed by atoms with E-state index in [0.717, 1.165) is 18.2 Å². The minimum atomic E-state index is -4.83. The number of Topliss-reactive ketones (excluding diaryl/α,β-unsaturated/α-hetero) is 1. The number of aliphatic hydroxyl groups excluding tert-OH is 1. The predicted molar refractivity (Wildman–Crippen MR) is 54.0 cm³/mol. The zero-order valence-corrected chi connectivity index (χ0v) is 9.29. The van der Waals surface area contributed by atoms with Crippen molar-refractivity contribution in [3.63, 3.8) is 0 Å². The first-order chi connectivity index (χ1) is 8.21. The van der Waals surface area contributed by atoms with E-state index in [1.807, 2.05) is 0 Å². The molecule has 0 heterocycles. The number of hydrogen-bond donors (Lipinski definition) is 1. The maximum absolute atomic E-state index is 12.9. The molecule has 0 aliphatic carbocycles. The Morgan fingerprint density at radius 3 is 2.56 bits per heavy atom. The lowest BCUT2D eigenvalue weighted by molar-refractivity contribution is -0.210. The highest BCUT2D eigenvalue weighted by Crippen LogP contribution is 2.24. The molecule has 0 fully saturated rings. The standard InChI is InChI=1S/C11H10F4O3/c1-6(16)8-3-2-7(12)4-9(8)18-5-10(17)11(13,14)15/h2-4,10,17H,5H2,1H3. The van der Waals surface area contributed by atoms with E-state index in [1.54, 1.807) is 0 Å². The Bertz CT molecular complexity index is 442. The molecule has 1 N–H and O–H groups in total. The van der Waals surface area contributed by atoms with Crippen molar-refractivity contribution in [1.29, 1.82) is 0 Å². The molecule has 0 aliphatic rings. The summed E-state index contributed by atoms with van der Waals surface area (Å²) >= 11 is 0. The molecule has 0 amide bonds. The SMILES string of the molecule is CC(=O)c1ccc(F)cc1OCC(O)C(F)(F)F. The van der Waals surface area contributed by atoms with Crippen molar-refractivity contribution in [3.8, 4) is 5.75 Å². The lowest BCUT2D eigenvalue weighted by Crippen LogP contribution is -2.34. The molecular weight excluding hydrogens is 256 g/mol. The van der Waals surface area contributed by atoms with Gasteiger partial charge in [0.05, 0.1) is 5.56 Å². The Labute approximate surface area is 100.0 Å². The average Bonchev–Trinajstić information content (AvgIpc) is 2.24. The van der Waals surface area contributed by atoms with Crippen LogP contribution in [0.15, 0.2) is 18.2 Å². The zero-order valence-electron chi connectivity index (χ0n) is 9.29. The van der Waals surface area contributed by atoms with E-state index in [2.05, 4.69) is 4.74 Å². The van der Waals surface area contributed by atoms with Crippen LogP contribution in [0.25, 0.3) is 0 Å². The molecule has 1 unspecified atom stereocenters. The largest absolute Gasteiger partial charge is 0.490 e. The van der Waals surface area contributed by atoms with E-state index in [1.165, 1.54) is 6.92 Å². The van der Waals surface area contributed by atoms with Gasteiger partial charge in [0.15, 0.2) is 11.9 Å². The Morgan fingerprint density at radius 2 is 2.06 bits per heavy atom.